The number of amides is 2. The van der Waals surface area contributed by atoms with E-state index in [1.54, 1.807) is 7.05 Å². The molecule has 0 saturated carbocycles. The number of aliphatic carboxylic acids is 1. The molecule has 0 aliphatic carbocycles. The molecule has 2 amide bonds. The van der Waals surface area contributed by atoms with Crippen molar-refractivity contribution in [1.29, 1.82) is 0 Å². The van der Waals surface area contributed by atoms with E-state index in [1.807, 2.05) is 18.2 Å². The fourth-order valence-corrected chi connectivity index (χ4v) is 3.84. The second-order valence-corrected chi connectivity index (χ2v) is 7.94. The number of nitrogens with zero attached hydrogens (tertiary/aromatic N) is 3. The summed E-state index contributed by atoms with van der Waals surface area (Å²) in [7, 11) is 3.00. The molecule has 2 aliphatic heterocycles. The second-order valence-electron chi connectivity index (χ2n) is 7.94. The first kappa shape index (κ1) is 24.6. The molecule has 0 radical (unpaired) electrons. The molecule has 1 aromatic carbocycles. The number of carboxylic acids is 1. The molecule has 2 N–H and O–H groups in total. The van der Waals surface area contributed by atoms with Crippen molar-refractivity contribution in [3.05, 3.63) is 35.9 Å². The van der Waals surface area contributed by atoms with E-state index in [1.165, 1.54) is 22.6 Å². The highest BCUT2D eigenvalue weighted by Crippen LogP contribution is 2.20. The molecule has 1 aromatic rings. The zero-order chi connectivity index (χ0) is 22.8. The molecule has 0 spiro atoms. The Labute approximate surface area is 183 Å². The standard InChI is InChI=1S/C13H17NO2.C9H16N2O4/c15-13(16)12-6-8-14(9-7-12)10-11-4-2-1-3-5-11;1-10(15-2)8(12)7-3-5-11(6-4-7)9(13)14/h1-5,12H,6-10H2,(H,15,16);7H,3-6H2,1-2H3,(H,13,14). The van der Waals surface area contributed by atoms with Gasteiger partial charge in [0.2, 0.25) is 5.91 Å². The van der Waals surface area contributed by atoms with Crippen LogP contribution in [0.25, 0.3) is 0 Å². The Bertz CT molecular complexity index is 713. The van der Waals surface area contributed by atoms with Crippen molar-refractivity contribution in [3.63, 3.8) is 0 Å². The number of benzene rings is 1. The predicted molar refractivity (Wildman–Crippen MR) is 114 cm³/mol. The summed E-state index contributed by atoms with van der Waals surface area (Å²) in [5, 5.41) is 18.8. The minimum absolute atomic E-state index is 0.0810. The van der Waals surface area contributed by atoms with Crippen LogP contribution in [0.5, 0.6) is 0 Å². The van der Waals surface area contributed by atoms with Crippen molar-refractivity contribution < 1.29 is 29.4 Å². The maximum absolute atomic E-state index is 11.6. The van der Waals surface area contributed by atoms with Gasteiger partial charge in [0.1, 0.15) is 0 Å². The predicted octanol–water partition coefficient (Wildman–Crippen LogP) is 2.38. The smallest absolute Gasteiger partial charge is 0.407 e. The third-order valence-corrected chi connectivity index (χ3v) is 5.88. The molecule has 9 heteroatoms. The maximum Gasteiger partial charge on any atom is 0.407 e. The second kappa shape index (κ2) is 12.3. The molecular formula is C22H33N3O6. The summed E-state index contributed by atoms with van der Waals surface area (Å²) in [6.45, 7) is 3.57. The molecule has 3 rings (SSSR count). The molecule has 172 valence electrons. The number of hydrogen-bond donors (Lipinski definition) is 2. The van der Waals surface area contributed by atoms with Gasteiger partial charge in [0.25, 0.3) is 0 Å². The number of carboxylic acid groups (broad SMARTS) is 2. The van der Waals surface area contributed by atoms with Crippen LogP contribution >= 0.6 is 0 Å². The summed E-state index contributed by atoms with van der Waals surface area (Å²) in [4.78, 5) is 41.5. The van der Waals surface area contributed by atoms with Gasteiger partial charge < -0.3 is 15.1 Å². The lowest BCUT2D eigenvalue weighted by Gasteiger charge is -2.30. The van der Waals surface area contributed by atoms with Crippen molar-refractivity contribution in [2.24, 2.45) is 11.8 Å². The Hall–Kier alpha value is -2.65. The summed E-state index contributed by atoms with van der Waals surface area (Å²) < 4.78 is 0. The van der Waals surface area contributed by atoms with E-state index in [2.05, 4.69) is 17.0 Å². The van der Waals surface area contributed by atoms with E-state index in [9.17, 15) is 14.4 Å². The van der Waals surface area contributed by atoms with Gasteiger partial charge in [-0.2, -0.15) is 0 Å². The average Bonchev–Trinajstić information content (AvgIpc) is 2.79. The number of hydroxylamine groups is 2. The van der Waals surface area contributed by atoms with Gasteiger partial charge in [0.05, 0.1) is 13.0 Å². The van der Waals surface area contributed by atoms with Crippen molar-refractivity contribution in [2.45, 2.75) is 32.2 Å². The quantitative estimate of drug-likeness (QED) is 0.683. The molecule has 0 bridgehead atoms. The van der Waals surface area contributed by atoms with Gasteiger partial charge in [-0.15, -0.1) is 0 Å². The monoisotopic (exact) mass is 435 g/mol. The van der Waals surface area contributed by atoms with Crippen LogP contribution in [0.15, 0.2) is 30.3 Å². The molecular weight excluding hydrogens is 402 g/mol. The van der Waals surface area contributed by atoms with Crippen molar-refractivity contribution in [2.75, 3.05) is 40.3 Å². The Morgan fingerprint density at radius 3 is 2.00 bits per heavy atom. The van der Waals surface area contributed by atoms with E-state index in [-0.39, 0.29) is 17.7 Å². The van der Waals surface area contributed by atoms with Crippen LogP contribution in [-0.4, -0.2) is 83.4 Å². The summed E-state index contributed by atoms with van der Waals surface area (Å²) in [6, 6.07) is 10.3. The fourth-order valence-electron chi connectivity index (χ4n) is 3.84. The molecule has 2 aliphatic rings. The van der Waals surface area contributed by atoms with E-state index in [0.29, 0.717) is 25.9 Å². The Balaban J connectivity index is 0.000000221. The average molecular weight is 436 g/mol. The zero-order valence-electron chi connectivity index (χ0n) is 18.3. The lowest BCUT2D eigenvalue weighted by Crippen LogP contribution is -2.42. The van der Waals surface area contributed by atoms with Crippen molar-refractivity contribution >= 4 is 18.0 Å². The lowest BCUT2D eigenvalue weighted by molar-refractivity contribution is -0.174. The Morgan fingerprint density at radius 2 is 1.52 bits per heavy atom. The summed E-state index contributed by atoms with van der Waals surface area (Å²) in [6.07, 6.45) is 1.78. The van der Waals surface area contributed by atoms with Crippen LogP contribution in [0.4, 0.5) is 4.79 Å². The van der Waals surface area contributed by atoms with E-state index < -0.39 is 12.1 Å². The SMILES string of the molecule is CON(C)C(=O)C1CCN(C(=O)O)CC1.O=C(O)C1CCN(Cc2ccccc2)CC1. The number of likely N-dealkylation sites (tertiary alicyclic amines) is 2. The number of carbonyl (C=O) groups is 3. The number of hydrogen-bond acceptors (Lipinski definition) is 5. The van der Waals surface area contributed by atoms with Gasteiger partial charge in [0.15, 0.2) is 0 Å². The molecule has 9 nitrogen and oxygen atoms in total. The van der Waals surface area contributed by atoms with Gasteiger partial charge in [-0.25, -0.2) is 9.86 Å². The van der Waals surface area contributed by atoms with E-state index >= 15 is 0 Å². The third kappa shape index (κ3) is 7.84. The highest BCUT2D eigenvalue weighted by molar-refractivity contribution is 5.78. The lowest BCUT2D eigenvalue weighted by atomic mass is 9.96. The summed E-state index contributed by atoms with van der Waals surface area (Å²) >= 11 is 0. The fraction of sp³-hybridized carbons (Fsp3) is 0.591. The minimum Gasteiger partial charge on any atom is -0.481 e. The Kier molecular flexibility index (Phi) is 9.74. The molecule has 2 heterocycles. The number of piperidine rings is 2. The molecule has 0 unspecified atom stereocenters. The minimum atomic E-state index is -0.916. The zero-order valence-corrected chi connectivity index (χ0v) is 18.3. The first-order valence-corrected chi connectivity index (χ1v) is 10.6. The van der Waals surface area contributed by atoms with Crippen LogP contribution < -0.4 is 0 Å². The van der Waals surface area contributed by atoms with Gasteiger partial charge in [-0.1, -0.05) is 30.3 Å². The first-order valence-electron chi connectivity index (χ1n) is 10.6. The third-order valence-electron chi connectivity index (χ3n) is 5.88. The largest absolute Gasteiger partial charge is 0.481 e. The van der Waals surface area contributed by atoms with E-state index in [4.69, 9.17) is 15.1 Å². The number of rotatable bonds is 5. The van der Waals surface area contributed by atoms with Crippen molar-refractivity contribution in [3.8, 4) is 0 Å². The highest BCUT2D eigenvalue weighted by atomic mass is 16.7. The highest BCUT2D eigenvalue weighted by Gasteiger charge is 2.29. The molecule has 0 atom stereocenters. The Morgan fingerprint density at radius 1 is 0.968 bits per heavy atom. The van der Waals surface area contributed by atoms with Gasteiger partial charge in [0, 0.05) is 32.6 Å². The van der Waals surface area contributed by atoms with Crippen LogP contribution in [0, 0.1) is 11.8 Å². The first-order chi connectivity index (χ1) is 14.8. The molecule has 2 saturated heterocycles. The van der Waals surface area contributed by atoms with Gasteiger partial charge in [-0.3, -0.25) is 19.3 Å². The van der Waals surface area contributed by atoms with Gasteiger partial charge in [-0.05, 0) is 44.3 Å². The summed E-state index contributed by atoms with van der Waals surface area (Å²) in [5.74, 6) is -0.973. The van der Waals surface area contributed by atoms with Crippen molar-refractivity contribution in [1.82, 2.24) is 14.9 Å². The molecule has 0 aromatic heterocycles. The van der Waals surface area contributed by atoms with Crippen LogP contribution in [-0.2, 0) is 21.0 Å². The molecule has 2 fully saturated rings. The van der Waals surface area contributed by atoms with Gasteiger partial charge >= 0.3 is 12.1 Å². The summed E-state index contributed by atoms with van der Waals surface area (Å²) in [5.41, 5.74) is 1.30. The topological polar surface area (TPSA) is 111 Å². The van der Waals surface area contributed by atoms with Crippen LogP contribution in [0.1, 0.15) is 31.2 Å². The normalized spacial score (nSPS) is 18.1. The van der Waals surface area contributed by atoms with E-state index in [0.717, 1.165) is 32.5 Å². The molecule has 31 heavy (non-hydrogen) atoms. The van der Waals surface area contributed by atoms with Crippen LogP contribution in [0.3, 0.4) is 0 Å². The van der Waals surface area contributed by atoms with Crippen LogP contribution in [0.2, 0.25) is 0 Å². The maximum atomic E-state index is 11.6. The number of carbonyl (C=O) groups excluding carboxylic acids is 1.